The monoisotopic (exact) mass is 414 g/mol. The molecule has 0 aromatic carbocycles. The number of likely N-dealkylation sites (N-methyl/N-ethyl adjacent to an activating group) is 1. The summed E-state index contributed by atoms with van der Waals surface area (Å²) in [6.45, 7) is 16.6. The highest BCUT2D eigenvalue weighted by atomic mass is 16.1. The lowest BCUT2D eigenvalue weighted by atomic mass is 10.0. The highest BCUT2D eigenvalue weighted by molar-refractivity contribution is 5.81. The molecule has 170 valence electrons. The van der Waals surface area contributed by atoms with Crippen LogP contribution in [0.5, 0.6) is 0 Å². The summed E-state index contributed by atoms with van der Waals surface area (Å²) < 4.78 is 0. The lowest BCUT2D eigenvalue weighted by Crippen LogP contribution is -2.54. The third kappa shape index (κ3) is 11.7. The molecule has 0 spiro atoms. The molecule has 3 nitrogen and oxygen atoms in total. The van der Waals surface area contributed by atoms with Crippen molar-refractivity contribution in [2.24, 2.45) is 0 Å². The zero-order valence-electron chi connectivity index (χ0n) is 20.8. The molecule has 0 amide bonds. The van der Waals surface area contributed by atoms with Gasteiger partial charge in [-0.1, -0.05) is 46.6 Å². The fraction of sp³-hybridized carbons (Fsp3) is 0.667. The van der Waals surface area contributed by atoms with E-state index in [4.69, 9.17) is 0 Å². The minimum Gasteiger partial charge on any atom is -0.298 e. The van der Waals surface area contributed by atoms with Gasteiger partial charge in [-0.3, -0.25) is 14.6 Å². The SMILES string of the molecule is CC(=O)C1CN(CC=C(C)CCC=C(C)CCC=C(C)CCC=C(C)C)CCN1C. The summed E-state index contributed by atoms with van der Waals surface area (Å²) in [5.41, 5.74) is 5.87. The first-order chi connectivity index (χ1) is 14.2. The topological polar surface area (TPSA) is 23.6 Å². The van der Waals surface area contributed by atoms with Crippen molar-refractivity contribution in [3.63, 3.8) is 0 Å². The van der Waals surface area contributed by atoms with Crippen LogP contribution in [0.15, 0.2) is 46.6 Å². The van der Waals surface area contributed by atoms with E-state index in [0.717, 1.165) is 58.3 Å². The molecule has 0 bridgehead atoms. The molecule has 0 aromatic rings. The second kappa shape index (κ2) is 14.5. The molecule has 1 aliphatic heterocycles. The number of ketones is 1. The van der Waals surface area contributed by atoms with E-state index in [0.29, 0.717) is 0 Å². The molecule has 0 radical (unpaired) electrons. The van der Waals surface area contributed by atoms with Crippen LogP contribution >= 0.6 is 0 Å². The van der Waals surface area contributed by atoms with Gasteiger partial charge in [-0.15, -0.1) is 0 Å². The molecule has 1 rings (SSSR count). The van der Waals surface area contributed by atoms with Crippen LogP contribution < -0.4 is 0 Å². The zero-order valence-corrected chi connectivity index (χ0v) is 20.8. The van der Waals surface area contributed by atoms with E-state index in [-0.39, 0.29) is 11.8 Å². The van der Waals surface area contributed by atoms with Gasteiger partial charge < -0.3 is 0 Å². The molecule has 1 unspecified atom stereocenters. The molecular weight excluding hydrogens is 368 g/mol. The average molecular weight is 415 g/mol. The molecule has 1 heterocycles. The Labute approximate surface area is 186 Å². The Morgan fingerprint density at radius 3 is 1.77 bits per heavy atom. The van der Waals surface area contributed by atoms with Crippen LogP contribution in [0.25, 0.3) is 0 Å². The molecule has 3 heteroatoms. The van der Waals surface area contributed by atoms with Gasteiger partial charge in [0.05, 0.1) is 6.04 Å². The Hall–Kier alpha value is -1.45. The van der Waals surface area contributed by atoms with Gasteiger partial charge in [-0.25, -0.2) is 0 Å². The van der Waals surface area contributed by atoms with Crippen LogP contribution in [-0.2, 0) is 4.79 Å². The minimum atomic E-state index is 0.0583. The molecule has 0 aliphatic carbocycles. The number of hydrogen-bond donors (Lipinski definition) is 0. The summed E-state index contributed by atoms with van der Waals surface area (Å²) in [4.78, 5) is 16.4. The van der Waals surface area contributed by atoms with Crippen molar-refractivity contribution in [2.45, 2.75) is 86.1 Å². The first-order valence-electron chi connectivity index (χ1n) is 11.7. The number of rotatable bonds is 12. The van der Waals surface area contributed by atoms with Crippen molar-refractivity contribution in [3.8, 4) is 0 Å². The number of allylic oxidation sites excluding steroid dienone is 7. The van der Waals surface area contributed by atoms with E-state index in [1.54, 1.807) is 6.92 Å². The Kier molecular flexibility index (Phi) is 12.9. The van der Waals surface area contributed by atoms with E-state index in [2.05, 4.69) is 75.8 Å². The van der Waals surface area contributed by atoms with Gasteiger partial charge in [0.25, 0.3) is 0 Å². The number of hydrogen-bond acceptors (Lipinski definition) is 3. The number of nitrogens with zero attached hydrogens (tertiary/aromatic N) is 2. The molecule has 1 saturated heterocycles. The van der Waals surface area contributed by atoms with E-state index >= 15 is 0 Å². The van der Waals surface area contributed by atoms with Crippen molar-refractivity contribution in [1.82, 2.24) is 9.80 Å². The van der Waals surface area contributed by atoms with Crippen LogP contribution in [0.3, 0.4) is 0 Å². The molecule has 0 saturated carbocycles. The minimum absolute atomic E-state index is 0.0583. The van der Waals surface area contributed by atoms with Crippen LogP contribution in [-0.4, -0.2) is 54.9 Å². The largest absolute Gasteiger partial charge is 0.298 e. The van der Waals surface area contributed by atoms with Crippen LogP contribution in [0, 0.1) is 0 Å². The average Bonchev–Trinajstić information content (AvgIpc) is 2.66. The molecule has 1 atom stereocenters. The zero-order chi connectivity index (χ0) is 22.5. The predicted molar refractivity (Wildman–Crippen MR) is 132 cm³/mol. The maximum absolute atomic E-state index is 11.8. The van der Waals surface area contributed by atoms with Crippen LogP contribution in [0.4, 0.5) is 0 Å². The summed E-state index contributed by atoms with van der Waals surface area (Å²) in [7, 11) is 2.06. The first kappa shape index (κ1) is 26.6. The Bertz CT molecular complexity index is 650. The number of carbonyl (C=O) groups is 1. The van der Waals surface area contributed by atoms with Gasteiger partial charge in [0.2, 0.25) is 0 Å². The highest BCUT2D eigenvalue weighted by Crippen LogP contribution is 2.14. The predicted octanol–water partition coefficient (Wildman–Crippen LogP) is 6.34. The lowest BCUT2D eigenvalue weighted by Gasteiger charge is -2.37. The normalized spacial score (nSPS) is 19.8. The second-order valence-corrected chi connectivity index (χ2v) is 9.42. The maximum atomic E-state index is 11.8. The molecule has 0 N–H and O–H groups in total. The van der Waals surface area contributed by atoms with E-state index < -0.39 is 0 Å². The summed E-state index contributed by atoms with van der Waals surface area (Å²) in [6.07, 6.45) is 16.4. The fourth-order valence-corrected chi connectivity index (χ4v) is 3.81. The molecular formula is C27H46N2O. The Morgan fingerprint density at radius 2 is 1.27 bits per heavy atom. The second-order valence-electron chi connectivity index (χ2n) is 9.42. The van der Waals surface area contributed by atoms with Gasteiger partial charge in [0.15, 0.2) is 0 Å². The standard InChI is InChI=1S/C27H46N2O/c1-22(2)11-8-12-23(3)13-9-14-24(4)15-10-16-25(5)17-18-29-20-19-28(7)27(21-29)26(6)30/h11,13,15,17,27H,8-10,12,14,16,18-21H2,1-7H3. The third-order valence-electron chi connectivity index (χ3n) is 6.05. The maximum Gasteiger partial charge on any atom is 0.148 e. The number of Topliss-reactive ketones (excluding diaryl/α,β-unsaturated/α-hetero) is 1. The lowest BCUT2D eigenvalue weighted by molar-refractivity contribution is -0.123. The van der Waals surface area contributed by atoms with E-state index in [1.807, 2.05) is 0 Å². The van der Waals surface area contributed by atoms with Crippen molar-refractivity contribution in [1.29, 1.82) is 0 Å². The van der Waals surface area contributed by atoms with Gasteiger partial charge in [0, 0.05) is 26.2 Å². The quantitative estimate of drug-likeness (QED) is 0.348. The van der Waals surface area contributed by atoms with Gasteiger partial charge in [-0.2, -0.15) is 0 Å². The Balaban J connectivity index is 2.30. The van der Waals surface area contributed by atoms with E-state index in [9.17, 15) is 4.79 Å². The first-order valence-corrected chi connectivity index (χ1v) is 11.7. The van der Waals surface area contributed by atoms with Gasteiger partial charge >= 0.3 is 0 Å². The molecule has 0 aromatic heterocycles. The molecule has 30 heavy (non-hydrogen) atoms. The van der Waals surface area contributed by atoms with Crippen LogP contribution in [0.1, 0.15) is 80.1 Å². The summed E-state index contributed by atoms with van der Waals surface area (Å²) in [5.74, 6) is 0.279. The summed E-state index contributed by atoms with van der Waals surface area (Å²) in [6, 6.07) is 0.0583. The van der Waals surface area contributed by atoms with Crippen molar-refractivity contribution in [3.05, 3.63) is 46.6 Å². The molecule has 1 aliphatic rings. The van der Waals surface area contributed by atoms with E-state index in [1.165, 1.54) is 28.7 Å². The van der Waals surface area contributed by atoms with Crippen molar-refractivity contribution in [2.75, 3.05) is 33.2 Å². The number of carbonyl (C=O) groups excluding carboxylic acids is 1. The smallest absolute Gasteiger partial charge is 0.148 e. The summed E-state index contributed by atoms with van der Waals surface area (Å²) >= 11 is 0. The van der Waals surface area contributed by atoms with Gasteiger partial charge in [0.1, 0.15) is 5.78 Å². The highest BCUT2D eigenvalue weighted by Gasteiger charge is 2.26. The fourth-order valence-electron chi connectivity index (χ4n) is 3.81. The Morgan fingerprint density at radius 1 is 0.767 bits per heavy atom. The van der Waals surface area contributed by atoms with Crippen molar-refractivity contribution < 1.29 is 4.79 Å². The van der Waals surface area contributed by atoms with Gasteiger partial charge in [-0.05, 0) is 87.1 Å². The van der Waals surface area contributed by atoms with Crippen molar-refractivity contribution >= 4 is 5.78 Å². The molecule has 1 fully saturated rings. The summed E-state index contributed by atoms with van der Waals surface area (Å²) in [5, 5.41) is 0. The number of piperazine rings is 1. The third-order valence-corrected chi connectivity index (χ3v) is 6.05. The van der Waals surface area contributed by atoms with Crippen LogP contribution in [0.2, 0.25) is 0 Å².